The van der Waals surface area contributed by atoms with E-state index in [0.29, 0.717) is 10.6 Å². The van der Waals surface area contributed by atoms with Crippen LogP contribution in [0.25, 0.3) is 0 Å². The van der Waals surface area contributed by atoms with E-state index in [1.54, 1.807) is 6.07 Å². The molecule has 0 saturated carbocycles. The Morgan fingerprint density at radius 1 is 1.50 bits per heavy atom. The third-order valence-corrected chi connectivity index (χ3v) is 2.11. The summed E-state index contributed by atoms with van der Waals surface area (Å²) in [6, 6.07) is 4.59. The van der Waals surface area contributed by atoms with Gasteiger partial charge in [-0.1, -0.05) is 11.6 Å². The first kappa shape index (κ1) is 12.4. The van der Waals surface area contributed by atoms with Crippen molar-refractivity contribution in [3.63, 3.8) is 0 Å². The van der Waals surface area contributed by atoms with E-state index in [1.165, 1.54) is 18.2 Å². The van der Waals surface area contributed by atoms with Gasteiger partial charge in [0, 0.05) is 11.6 Å². The summed E-state index contributed by atoms with van der Waals surface area (Å²) in [7, 11) is 0. The maximum absolute atomic E-state index is 11.6. The second-order valence-electron chi connectivity index (χ2n) is 3.50. The molecule has 0 heterocycles. The second kappa shape index (κ2) is 5.45. The fraction of sp³-hybridized carbons (Fsp3) is 0.273. The van der Waals surface area contributed by atoms with Crippen LogP contribution < -0.4 is 5.32 Å². The number of carbonyl (C=O) groups is 1. The highest BCUT2D eigenvalue weighted by Crippen LogP contribution is 2.25. The number of benzene rings is 1. The minimum Gasteiger partial charge on any atom is -0.350 e. The number of aliphatic imine (C=N–C) groups is 1. The molecule has 0 atom stereocenters. The lowest BCUT2D eigenvalue weighted by molar-refractivity contribution is 0.0943. The fourth-order valence-electron chi connectivity index (χ4n) is 1.13. The molecule has 1 aromatic rings. The molecule has 5 heteroatoms. The number of hydrogen-bond donors (Lipinski definition) is 1. The number of carbonyl (C=O) groups excluding carboxylic acids is 2. The van der Waals surface area contributed by atoms with E-state index in [2.05, 4.69) is 10.3 Å². The van der Waals surface area contributed by atoms with Crippen LogP contribution >= 0.6 is 11.6 Å². The quantitative estimate of drug-likeness (QED) is 0.650. The number of hydrogen-bond acceptors (Lipinski definition) is 3. The van der Waals surface area contributed by atoms with Crippen LogP contribution in [0.3, 0.4) is 0 Å². The van der Waals surface area contributed by atoms with Crippen molar-refractivity contribution in [2.45, 2.75) is 19.9 Å². The van der Waals surface area contributed by atoms with Gasteiger partial charge < -0.3 is 5.32 Å². The number of rotatable bonds is 3. The van der Waals surface area contributed by atoms with Crippen LogP contribution in [0.15, 0.2) is 23.2 Å². The molecule has 0 aromatic heterocycles. The Morgan fingerprint density at radius 3 is 2.75 bits per heavy atom. The van der Waals surface area contributed by atoms with Gasteiger partial charge in [0.05, 0.1) is 10.7 Å². The van der Waals surface area contributed by atoms with Gasteiger partial charge in [-0.15, -0.1) is 0 Å². The van der Waals surface area contributed by atoms with Crippen LogP contribution in [0, 0.1) is 0 Å². The molecule has 0 saturated heterocycles. The summed E-state index contributed by atoms with van der Waals surface area (Å²) < 4.78 is 0. The van der Waals surface area contributed by atoms with E-state index in [4.69, 9.17) is 11.6 Å². The van der Waals surface area contributed by atoms with E-state index in [0.717, 1.165) is 0 Å². The minimum atomic E-state index is -0.228. The first-order valence-electron chi connectivity index (χ1n) is 4.73. The average Bonchev–Trinajstić information content (AvgIpc) is 2.20. The summed E-state index contributed by atoms with van der Waals surface area (Å²) in [6.45, 7) is 3.72. The predicted molar refractivity (Wildman–Crippen MR) is 61.8 cm³/mol. The zero-order valence-electron chi connectivity index (χ0n) is 8.95. The summed E-state index contributed by atoms with van der Waals surface area (Å²) in [4.78, 5) is 25.2. The molecular formula is C11H11ClN2O2. The molecule has 1 rings (SSSR count). The highest BCUT2D eigenvalue weighted by Gasteiger charge is 2.09. The molecule has 0 bridgehead atoms. The number of nitrogens with zero attached hydrogens (tertiary/aromatic N) is 1. The molecule has 4 nitrogen and oxygen atoms in total. The minimum absolute atomic E-state index is 0.0428. The van der Waals surface area contributed by atoms with Gasteiger partial charge in [-0.2, -0.15) is 4.99 Å². The molecular weight excluding hydrogens is 228 g/mol. The van der Waals surface area contributed by atoms with Gasteiger partial charge in [0.25, 0.3) is 5.91 Å². The van der Waals surface area contributed by atoms with E-state index in [9.17, 15) is 9.59 Å². The topological polar surface area (TPSA) is 58.5 Å². The molecule has 0 unspecified atom stereocenters. The lowest BCUT2D eigenvalue weighted by Crippen LogP contribution is -2.29. The van der Waals surface area contributed by atoms with Crippen LogP contribution in [0.5, 0.6) is 0 Å². The van der Waals surface area contributed by atoms with Gasteiger partial charge in [0.1, 0.15) is 0 Å². The smallest absolute Gasteiger partial charge is 0.251 e. The molecule has 0 spiro atoms. The van der Waals surface area contributed by atoms with E-state index >= 15 is 0 Å². The number of halogens is 1. The summed E-state index contributed by atoms with van der Waals surface area (Å²) >= 11 is 5.78. The van der Waals surface area contributed by atoms with Crippen LogP contribution in [-0.2, 0) is 4.79 Å². The van der Waals surface area contributed by atoms with Crippen LogP contribution in [0.4, 0.5) is 5.69 Å². The average molecular weight is 239 g/mol. The summed E-state index contributed by atoms with van der Waals surface area (Å²) in [5, 5.41) is 3.04. The first-order valence-corrected chi connectivity index (χ1v) is 5.10. The Bertz CT molecular complexity index is 451. The van der Waals surface area contributed by atoms with E-state index in [1.807, 2.05) is 13.8 Å². The lowest BCUT2D eigenvalue weighted by Gasteiger charge is -2.08. The van der Waals surface area contributed by atoms with Gasteiger partial charge in [-0.05, 0) is 32.0 Å². The van der Waals surface area contributed by atoms with E-state index in [-0.39, 0.29) is 17.6 Å². The van der Waals surface area contributed by atoms with Crippen LogP contribution in [0.2, 0.25) is 5.02 Å². The molecule has 1 amide bonds. The molecule has 0 radical (unpaired) electrons. The Hall–Kier alpha value is -1.64. The van der Waals surface area contributed by atoms with E-state index < -0.39 is 0 Å². The molecule has 0 aliphatic heterocycles. The molecule has 0 aliphatic carbocycles. The molecule has 0 aliphatic rings. The lowest BCUT2D eigenvalue weighted by atomic mass is 10.2. The van der Waals surface area contributed by atoms with Gasteiger partial charge in [-0.3, -0.25) is 4.79 Å². The first-order chi connectivity index (χ1) is 7.54. The van der Waals surface area contributed by atoms with Crippen molar-refractivity contribution in [2.24, 2.45) is 4.99 Å². The Balaban J connectivity index is 3.02. The van der Waals surface area contributed by atoms with Crippen molar-refractivity contribution >= 4 is 29.3 Å². The summed E-state index contributed by atoms with van der Waals surface area (Å²) in [5.41, 5.74) is 0.653. The van der Waals surface area contributed by atoms with Crippen molar-refractivity contribution in [2.75, 3.05) is 0 Å². The second-order valence-corrected chi connectivity index (χ2v) is 3.90. The Kier molecular flexibility index (Phi) is 4.23. The molecule has 1 N–H and O–H groups in total. The Morgan fingerprint density at radius 2 is 2.19 bits per heavy atom. The highest BCUT2D eigenvalue weighted by molar-refractivity contribution is 6.33. The predicted octanol–water partition coefficient (Wildman–Crippen LogP) is 2.45. The van der Waals surface area contributed by atoms with Crippen LogP contribution in [-0.4, -0.2) is 18.0 Å². The summed E-state index contributed by atoms with van der Waals surface area (Å²) in [6.07, 6.45) is 1.39. The molecule has 84 valence electrons. The largest absolute Gasteiger partial charge is 0.350 e. The maximum Gasteiger partial charge on any atom is 0.251 e. The van der Waals surface area contributed by atoms with Crippen molar-refractivity contribution in [1.29, 1.82) is 0 Å². The summed E-state index contributed by atoms with van der Waals surface area (Å²) in [5.74, 6) is -0.228. The fourth-order valence-corrected chi connectivity index (χ4v) is 1.29. The molecule has 16 heavy (non-hydrogen) atoms. The number of isocyanates is 1. The normalized spacial score (nSPS) is 9.75. The van der Waals surface area contributed by atoms with Crippen LogP contribution in [0.1, 0.15) is 24.2 Å². The maximum atomic E-state index is 11.6. The third kappa shape index (κ3) is 3.19. The zero-order valence-corrected chi connectivity index (χ0v) is 9.71. The standard InChI is InChI=1S/C11H11ClN2O2/c1-7(2)14-11(16)8-3-4-9(12)10(5-8)13-6-15/h3-5,7H,1-2H3,(H,14,16). The monoisotopic (exact) mass is 238 g/mol. The Labute approximate surface area is 98.3 Å². The van der Waals surface area contributed by atoms with Gasteiger partial charge in [-0.25, -0.2) is 4.79 Å². The highest BCUT2D eigenvalue weighted by atomic mass is 35.5. The number of nitrogens with one attached hydrogen (secondary N) is 1. The number of amides is 1. The van der Waals surface area contributed by atoms with Crippen molar-refractivity contribution < 1.29 is 9.59 Å². The van der Waals surface area contributed by atoms with Crippen molar-refractivity contribution in [3.05, 3.63) is 28.8 Å². The van der Waals surface area contributed by atoms with Gasteiger partial charge in [0.15, 0.2) is 0 Å². The molecule has 0 fully saturated rings. The SMILES string of the molecule is CC(C)NC(=O)c1ccc(Cl)c(N=C=O)c1. The van der Waals surface area contributed by atoms with Gasteiger partial charge >= 0.3 is 0 Å². The zero-order chi connectivity index (χ0) is 12.1. The van der Waals surface area contributed by atoms with Gasteiger partial charge in [0.2, 0.25) is 6.08 Å². The molecule has 1 aromatic carbocycles. The van der Waals surface area contributed by atoms with Crippen molar-refractivity contribution in [3.8, 4) is 0 Å². The third-order valence-electron chi connectivity index (χ3n) is 1.79. The van der Waals surface area contributed by atoms with Crippen molar-refractivity contribution in [1.82, 2.24) is 5.32 Å².